The van der Waals surface area contributed by atoms with E-state index in [0.29, 0.717) is 23.8 Å². The van der Waals surface area contributed by atoms with Gasteiger partial charge >= 0.3 is 0 Å². The van der Waals surface area contributed by atoms with Crippen LogP contribution < -0.4 is 15.2 Å². The van der Waals surface area contributed by atoms with Gasteiger partial charge in [0.2, 0.25) is 0 Å². The summed E-state index contributed by atoms with van der Waals surface area (Å²) in [5.74, 6) is 1.30. The first-order chi connectivity index (χ1) is 9.29. The zero-order valence-corrected chi connectivity index (χ0v) is 10.8. The van der Waals surface area contributed by atoms with E-state index in [-0.39, 0.29) is 6.79 Å². The summed E-state index contributed by atoms with van der Waals surface area (Å²) in [6.07, 6.45) is 0. The molecule has 0 unspecified atom stereocenters. The Morgan fingerprint density at radius 1 is 1.05 bits per heavy atom. The minimum atomic E-state index is 0.181. The van der Waals surface area contributed by atoms with Gasteiger partial charge in [-0.05, 0) is 17.7 Å². The number of hydrogen-bond donors (Lipinski definition) is 1. The molecule has 0 aromatic heterocycles. The fourth-order valence-electron chi connectivity index (χ4n) is 1.65. The number of ether oxygens (including phenoxy) is 3. The van der Waals surface area contributed by atoms with Crippen molar-refractivity contribution < 1.29 is 14.2 Å². The molecule has 2 N–H and O–H groups in total. The van der Waals surface area contributed by atoms with Crippen LogP contribution in [0.1, 0.15) is 5.56 Å². The van der Waals surface area contributed by atoms with E-state index in [1.807, 2.05) is 30.3 Å². The maximum absolute atomic E-state index is 5.78. The van der Waals surface area contributed by atoms with Crippen LogP contribution in [0.2, 0.25) is 0 Å². The molecule has 0 atom stereocenters. The molecule has 0 aliphatic rings. The van der Waals surface area contributed by atoms with E-state index in [2.05, 4.69) is 0 Å². The lowest BCUT2D eigenvalue weighted by Gasteiger charge is -2.09. The molecule has 2 aromatic carbocycles. The third kappa shape index (κ3) is 3.89. The highest BCUT2D eigenvalue weighted by Gasteiger charge is 2.01. The van der Waals surface area contributed by atoms with E-state index in [1.165, 1.54) is 0 Å². The molecular formula is C15H17NO3. The van der Waals surface area contributed by atoms with Crippen LogP contribution in [0.3, 0.4) is 0 Å². The van der Waals surface area contributed by atoms with E-state index >= 15 is 0 Å². The van der Waals surface area contributed by atoms with Gasteiger partial charge < -0.3 is 19.9 Å². The van der Waals surface area contributed by atoms with Crippen molar-refractivity contribution in [3.05, 3.63) is 54.1 Å². The largest absolute Gasteiger partial charge is 0.495 e. The average Bonchev–Trinajstić information content (AvgIpc) is 2.45. The van der Waals surface area contributed by atoms with Gasteiger partial charge in [-0.25, -0.2) is 0 Å². The Bertz CT molecular complexity index is 514. The molecule has 4 nitrogen and oxygen atoms in total. The van der Waals surface area contributed by atoms with E-state index in [9.17, 15) is 0 Å². The molecule has 0 aliphatic heterocycles. The van der Waals surface area contributed by atoms with Crippen LogP contribution in [0.5, 0.6) is 11.5 Å². The molecule has 0 amide bonds. The van der Waals surface area contributed by atoms with E-state index in [1.54, 1.807) is 25.3 Å². The van der Waals surface area contributed by atoms with Gasteiger partial charge in [0.25, 0.3) is 0 Å². The highest BCUT2D eigenvalue weighted by Crippen LogP contribution is 2.25. The fraction of sp³-hybridized carbons (Fsp3) is 0.200. The smallest absolute Gasteiger partial charge is 0.189 e. The lowest BCUT2D eigenvalue weighted by molar-refractivity contribution is 0.00506. The summed E-state index contributed by atoms with van der Waals surface area (Å²) in [5, 5.41) is 0. The summed E-state index contributed by atoms with van der Waals surface area (Å²) in [7, 11) is 1.58. The first-order valence-corrected chi connectivity index (χ1v) is 5.97. The van der Waals surface area contributed by atoms with Crippen molar-refractivity contribution in [2.45, 2.75) is 6.61 Å². The predicted octanol–water partition coefficient (Wildman–Crippen LogP) is 2.83. The fourth-order valence-corrected chi connectivity index (χ4v) is 1.65. The molecular weight excluding hydrogens is 242 g/mol. The highest BCUT2D eigenvalue weighted by molar-refractivity contribution is 5.56. The van der Waals surface area contributed by atoms with Crippen LogP contribution in [0.25, 0.3) is 0 Å². The third-order valence-electron chi connectivity index (χ3n) is 2.62. The molecule has 2 rings (SSSR count). The molecule has 0 bridgehead atoms. The van der Waals surface area contributed by atoms with Crippen molar-refractivity contribution >= 4 is 5.69 Å². The highest BCUT2D eigenvalue weighted by atomic mass is 16.7. The molecule has 0 radical (unpaired) electrons. The Kier molecular flexibility index (Phi) is 4.64. The number of benzene rings is 2. The summed E-state index contributed by atoms with van der Waals surface area (Å²) in [5.41, 5.74) is 7.44. The monoisotopic (exact) mass is 259 g/mol. The molecule has 0 heterocycles. The molecule has 100 valence electrons. The number of rotatable bonds is 6. The number of nitrogen functional groups attached to an aromatic ring is 1. The van der Waals surface area contributed by atoms with Gasteiger partial charge in [0.05, 0.1) is 19.4 Å². The van der Waals surface area contributed by atoms with Crippen molar-refractivity contribution in [1.29, 1.82) is 0 Å². The second kappa shape index (κ2) is 6.66. The maximum Gasteiger partial charge on any atom is 0.189 e. The van der Waals surface area contributed by atoms with Gasteiger partial charge in [-0.15, -0.1) is 0 Å². The topological polar surface area (TPSA) is 53.7 Å². The molecule has 2 aromatic rings. The molecule has 0 spiro atoms. The van der Waals surface area contributed by atoms with Gasteiger partial charge in [0, 0.05) is 6.07 Å². The van der Waals surface area contributed by atoms with Crippen LogP contribution in [0.15, 0.2) is 48.5 Å². The van der Waals surface area contributed by atoms with Crippen LogP contribution in [0.4, 0.5) is 5.69 Å². The van der Waals surface area contributed by atoms with E-state index in [0.717, 1.165) is 5.56 Å². The Hall–Kier alpha value is -2.20. The average molecular weight is 259 g/mol. The zero-order valence-electron chi connectivity index (χ0n) is 10.8. The quantitative estimate of drug-likeness (QED) is 0.492. The second-order valence-corrected chi connectivity index (χ2v) is 4.00. The van der Waals surface area contributed by atoms with Gasteiger partial charge in [0.1, 0.15) is 11.5 Å². The third-order valence-corrected chi connectivity index (χ3v) is 2.62. The van der Waals surface area contributed by atoms with Crippen molar-refractivity contribution in [2.75, 3.05) is 19.6 Å². The van der Waals surface area contributed by atoms with Crippen LogP contribution >= 0.6 is 0 Å². The number of methoxy groups -OCH3 is 1. The minimum Gasteiger partial charge on any atom is -0.495 e. The SMILES string of the molecule is COc1ccc(OCOCc2ccccc2)cc1N. The maximum atomic E-state index is 5.78. The zero-order chi connectivity index (χ0) is 13.5. The second-order valence-electron chi connectivity index (χ2n) is 4.00. The van der Waals surface area contributed by atoms with Crippen molar-refractivity contribution in [2.24, 2.45) is 0 Å². The van der Waals surface area contributed by atoms with Crippen LogP contribution in [-0.4, -0.2) is 13.9 Å². The summed E-state index contributed by atoms with van der Waals surface area (Å²) >= 11 is 0. The van der Waals surface area contributed by atoms with Crippen molar-refractivity contribution in [3.8, 4) is 11.5 Å². The van der Waals surface area contributed by atoms with E-state index in [4.69, 9.17) is 19.9 Å². The van der Waals surface area contributed by atoms with Crippen LogP contribution in [0, 0.1) is 0 Å². The molecule has 4 heteroatoms. The number of anilines is 1. The summed E-state index contributed by atoms with van der Waals surface area (Å²) < 4.78 is 15.9. The molecule has 0 fully saturated rings. The number of hydrogen-bond acceptors (Lipinski definition) is 4. The summed E-state index contributed by atoms with van der Waals surface area (Å²) in [4.78, 5) is 0. The lowest BCUT2D eigenvalue weighted by Crippen LogP contribution is -2.03. The Labute approximate surface area is 112 Å². The first-order valence-electron chi connectivity index (χ1n) is 5.97. The molecule has 0 aliphatic carbocycles. The van der Waals surface area contributed by atoms with Gasteiger partial charge in [-0.1, -0.05) is 30.3 Å². The normalized spacial score (nSPS) is 10.2. The van der Waals surface area contributed by atoms with Crippen molar-refractivity contribution in [1.82, 2.24) is 0 Å². The van der Waals surface area contributed by atoms with E-state index < -0.39 is 0 Å². The standard InChI is InChI=1S/C15H17NO3/c1-17-15-8-7-13(9-14(15)16)19-11-18-10-12-5-3-2-4-6-12/h2-9H,10-11,16H2,1H3. The lowest BCUT2D eigenvalue weighted by atomic mass is 10.2. The van der Waals surface area contributed by atoms with Crippen LogP contribution in [-0.2, 0) is 11.3 Å². The first kappa shape index (κ1) is 13.2. The van der Waals surface area contributed by atoms with Gasteiger partial charge in [-0.3, -0.25) is 0 Å². The minimum absolute atomic E-state index is 0.181. The summed E-state index contributed by atoms with van der Waals surface area (Å²) in [6, 6.07) is 15.2. The van der Waals surface area contributed by atoms with Crippen molar-refractivity contribution in [3.63, 3.8) is 0 Å². The van der Waals surface area contributed by atoms with Gasteiger partial charge in [-0.2, -0.15) is 0 Å². The summed E-state index contributed by atoms with van der Waals surface area (Å²) in [6.45, 7) is 0.702. The number of nitrogens with two attached hydrogens (primary N) is 1. The Morgan fingerprint density at radius 3 is 2.53 bits per heavy atom. The molecule has 0 saturated carbocycles. The predicted molar refractivity (Wildman–Crippen MR) is 74.1 cm³/mol. The Balaban J connectivity index is 1.78. The van der Waals surface area contributed by atoms with Gasteiger partial charge in [0.15, 0.2) is 6.79 Å². The molecule has 0 saturated heterocycles. The Morgan fingerprint density at radius 2 is 1.84 bits per heavy atom. The molecule has 19 heavy (non-hydrogen) atoms.